The third kappa shape index (κ3) is 4.66. The van der Waals surface area contributed by atoms with Crippen molar-refractivity contribution in [1.29, 1.82) is 0 Å². The molecule has 0 saturated carbocycles. The third-order valence-corrected chi connectivity index (χ3v) is 3.93. The number of hydrogen-bond acceptors (Lipinski definition) is 3. The van der Waals surface area contributed by atoms with Crippen LogP contribution in [0.2, 0.25) is 0 Å². The van der Waals surface area contributed by atoms with Gasteiger partial charge in [0.05, 0.1) is 13.7 Å². The van der Waals surface area contributed by atoms with Gasteiger partial charge in [0.15, 0.2) is 0 Å². The van der Waals surface area contributed by atoms with E-state index in [-0.39, 0.29) is 12.5 Å². The molecule has 1 heterocycles. The van der Waals surface area contributed by atoms with Crippen LogP contribution in [-0.4, -0.2) is 44.0 Å². The zero-order chi connectivity index (χ0) is 15.9. The molecular weight excluding hydrogens is 290 g/mol. The number of hydrogen-bond donors (Lipinski definition) is 1. The summed E-state index contributed by atoms with van der Waals surface area (Å²) in [5.41, 5.74) is 0.891. The highest BCUT2D eigenvalue weighted by Crippen LogP contribution is 2.22. The number of nitrogens with one attached hydrogen (secondary N) is 1. The fourth-order valence-electron chi connectivity index (χ4n) is 2.74. The van der Waals surface area contributed by atoms with Crippen LogP contribution in [0.25, 0.3) is 0 Å². The van der Waals surface area contributed by atoms with Crippen LogP contribution in [0.3, 0.4) is 0 Å². The summed E-state index contributed by atoms with van der Waals surface area (Å²) < 4.78 is 30.7. The number of benzene rings is 1. The first-order valence-corrected chi connectivity index (χ1v) is 7.49. The van der Waals surface area contributed by atoms with Crippen molar-refractivity contribution in [3.63, 3.8) is 0 Å². The summed E-state index contributed by atoms with van der Waals surface area (Å²) in [6.07, 6.45) is -1.05. The van der Waals surface area contributed by atoms with Gasteiger partial charge in [0.2, 0.25) is 12.3 Å². The van der Waals surface area contributed by atoms with Crippen LogP contribution in [0.1, 0.15) is 18.4 Å². The van der Waals surface area contributed by atoms with E-state index in [1.165, 1.54) is 0 Å². The predicted octanol–water partition coefficient (Wildman–Crippen LogP) is 2.29. The lowest BCUT2D eigenvalue weighted by Gasteiger charge is -2.31. The van der Waals surface area contributed by atoms with E-state index in [9.17, 15) is 13.6 Å². The number of likely N-dealkylation sites (tertiary alicyclic amines) is 1. The Labute approximate surface area is 129 Å². The predicted molar refractivity (Wildman–Crippen MR) is 80.0 cm³/mol. The van der Waals surface area contributed by atoms with Crippen molar-refractivity contribution in [2.45, 2.75) is 25.8 Å². The number of carbonyl (C=O) groups excluding carboxylic acids is 1. The highest BCUT2D eigenvalue weighted by atomic mass is 19.3. The van der Waals surface area contributed by atoms with E-state index in [2.05, 4.69) is 5.32 Å². The van der Waals surface area contributed by atoms with Crippen molar-refractivity contribution >= 4 is 5.91 Å². The maximum absolute atomic E-state index is 12.7. The van der Waals surface area contributed by atoms with E-state index in [0.717, 1.165) is 17.7 Å². The van der Waals surface area contributed by atoms with Gasteiger partial charge in [0.25, 0.3) is 0 Å². The van der Waals surface area contributed by atoms with Crippen molar-refractivity contribution in [2.24, 2.45) is 5.92 Å². The van der Waals surface area contributed by atoms with E-state index in [0.29, 0.717) is 26.1 Å². The largest absolute Gasteiger partial charge is 0.496 e. The minimum atomic E-state index is -2.31. The molecule has 1 N–H and O–H groups in total. The molecule has 1 atom stereocenters. The molecule has 1 aromatic carbocycles. The Balaban J connectivity index is 1.80. The molecule has 0 aliphatic carbocycles. The Morgan fingerprint density at radius 3 is 2.95 bits per heavy atom. The number of amides is 1. The molecule has 1 aliphatic rings. The minimum absolute atomic E-state index is 0.152. The SMILES string of the molecule is COc1ccccc1CNC(=O)CN1CCCC(C(F)F)C1. The van der Waals surface area contributed by atoms with E-state index in [1.54, 1.807) is 12.0 Å². The highest BCUT2D eigenvalue weighted by Gasteiger charge is 2.27. The summed E-state index contributed by atoms with van der Waals surface area (Å²) >= 11 is 0. The first-order valence-electron chi connectivity index (χ1n) is 7.49. The Hall–Kier alpha value is -1.69. The lowest BCUT2D eigenvalue weighted by atomic mass is 9.99. The van der Waals surface area contributed by atoms with Crippen LogP contribution in [0.15, 0.2) is 24.3 Å². The van der Waals surface area contributed by atoms with Crippen molar-refractivity contribution < 1.29 is 18.3 Å². The minimum Gasteiger partial charge on any atom is -0.496 e. The van der Waals surface area contributed by atoms with Gasteiger partial charge in [-0.2, -0.15) is 0 Å². The van der Waals surface area contributed by atoms with Crippen LogP contribution in [0, 0.1) is 5.92 Å². The van der Waals surface area contributed by atoms with Gasteiger partial charge in [-0.3, -0.25) is 9.69 Å². The molecule has 22 heavy (non-hydrogen) atoms. The zero-order valence-corrected chi connectivity index (χ0v) is 12.7. The molecule has 1 saturated heterocycles. The van der Waals surface area contributed by atoms with Crippen molar-refractivity contribution in [3.8, 4) is 5.75 Å². The van der Waals surface area contributed by atoms with Crippen LogP contribution in [0.5, 0.6) is 5.75 Å². The molecule has 0 radical (unpaired) electrons. The maximum atomic E-state index is 12.7. The summed E-state index contributed by atoms with van der Waals surface area (Å²) in [7, 11) is 1.58. The fraction of sp³-hybridized carbons (Fsp3) is 0.562. The summed E-state index contributed by atoms with van der Waals surface area (Å²) in [4.78, 5) is 13.8. The second-order valence-electron chi connectivity index (χ2n) is 5.56. The number of nitrogens with zero attached hydrogens (tertiary/aromatic N) is 1. The number of carbonyl (C=O) groups is 1. The molecule has 1 fully saturated rings. The fourth-order valence-corrected chi connectivity index (χ4v) is 2.74. The first kappa shape index (κ1) is 16.7. The average Bonchev–Trinajstić information content (AvgIpc) is 2.53. The standard InChI is InChI=1S/C16H22F2N2O2/c1-22-14-7-3-2-5-12(14)9-19-15(21)11-20-8-4-6-13(10-20)16(17)18/h2-3,5,7,13,16H,4,6,8-11H2,1H3,(H,19,21). The molecule has 6 heteroatoms. The topological polar surface area (TPSA) is 41.6 Å². The molecule has 0 bridgehead atoms. The summed E-state index contributed by atoms with van der Waals surface area (Å²) in [6, 6.07) is 7.45. The van der Waals surface area contributed by atoms with Crippen LogP contribution < -0.4 is 10.1 Å². The quantitative estimate of drug-likeness (QED) is 0.876. The van der Waals surface area contributed by atoms with Crippen LogP contribution >= 0.6 is 0 Å². The smallest absolute Gasteiger partial charge is 0.242 e. The third-order valence-electron chi connectivity index (χ3n) is 3.93. The average molecular weight is 312 g/mol. The lowest BCUT2D eigenvalue weighted by Crippen LogP contribution is -2.43. The molecule has 0 spiro atoms. The number of rotatable bonds is 6. The molecule has 1 aromatic rings. The van der Waals surface area contributed by atoms with Gasteiger partial charge in [-0.05, 0) is 25.5 Å². The maximum Gasteiger partial charge on any atom is 0.242 e. The first-order chi connectivity index (χ1) is 10.6. The van der Waals surface area contributed by atoms with Gasteiger partial charge < -0.3 is 10.1 Å². The van der Waals surface area contributed by atoms with E-state index < -0.39 is 12.3 Å². The Bertz CT molecular complexity index is 497. The summed E-state index contributed by atoms with van der Waals surface area (Å²) in [6.45, 7) is 1.53. The zero-order valence-electron chi connectivity index (χ0n) is 12.7. The van der Waals surface area contributed by atoms with E-state index in [4.69, 9.17) is 4.74 Å². The number of halogens is 2. The molecular formula is C16H22F2N2O2. The molecule has 2 rings (SSSR count). The van der Waals surface area contributed by atoms with Gasteiger partial charge in [0, 0.05) is 24.6 Å². The van der Waals surface area contributed by atoms with Crippen molar-refractivity contribution in [3.05, 3.63) is 29.8 Å². The second kappa shape index (κ2) is 8.08. The Morgan fingerprint density at radius 1 is 1.45 bits per heavy atom. The van der Waals surface area contributed by atoms with Crippen LogP contribution in [0.4, 0.5) is 8.78 Å². The summed E-state index contributed by atoms with van der Waals surface area (Å²) in [5.74, 6) is -0.0462. The highest BCUT2D eigenvalue weighted by molar-refractivity contribution is 5.78. The Kier molecular flexibility index (Phi) is 6.12. The molecule has 4 nitrogen and oxygen atoms in total. The van der Waals surface area contributed by atoms with Gasteiger partial charge in [-0.1, -0.05) is 18.2 Å². The Morgan fingerprint density at radius 2 is 2.23 bits per heavy atom. The molecule has 1 unspecified atom stereocenters. The number of ether oxygens (including phenoxy) is 1. The number of piperidine rings is 1. The molecule has 122 valence electrons. The number of methoxy groups -OCH3 is 1. The molecule has 1 amide bonds. The van der Waals surface area contributed by atoms with E-state index >= 15 is 0 Å². The summed E-state index contributed by atoms with van der Waals surface area (Å²) in [5, 5.41) is 2.82. The van der Waals surface area contributed by atoms with Gasteiger partial charge in [-0.15, -0.1) is 0 Å². The van der Waals surface area contributed by atoms with Gasteiger partial charge in [-0.25, -0.2) is 8.78 Å². The molecule has 0 aromatic heterocycles. The lowest BCUT2D eigenvalue weighted by molar-refractivity contribution is -0.123. The second-order valence-corrected chi connectivity index (χ2v) is 5.56. The van der Waals surface area contributed by atoms with Gasteiger partial charge >= 0.3 is 0 Å². The number of para-hydroxylation sites is 1. The van der Waals surface area contributed by atoms with Crippen molar-refractivity contribution in [1.82, 2.24) is 10.2 Å². The van der Waals surface area contributed by atoms with Crippen LogP contribution in [-0.2, 0) is 11.3 Å². The monoisotopic (exact) mass is 312 g/mol. The molecule has 1 aliphatic heterocycles. The van der Waals surface area contributed by atoms with Crippen molar-refractivity contribution in [2.75, 3.05) is 26.7 Å². The normalized spacial score (nSPS) is 19.2. The van der Waals surface area contributed by atoms with E-state index in [1.807, 2.05) is 24.3 Å². The number of alkyl halides is 2. The van der Waals surface area contributed by atoms with Gasteiger partial charge in [0.1, 0.15) is 5.75 Å².